The fourth-order valence-corrected chi connectivity index (χ4v) is 7.59. The van der Waals surface area contributed by atoms with Gasteiger partial charge in [-0.2, -0.15) is 15.8 Å². The first-order valence-corrected chi connectivity index (χ1v) is 16.6. The molecule has 6 nitrogen and oxygen atoms in total. The highest BCUT2D eigenvalue weighted by molar-refractivity contribution is 6.11. The maximum Gasteiger partial charge on any atom is 0.188 e. The molecule has 0 radical (unpaired) electrons. The van der Waals surface area contributed by atoms with Crippen LogP contribution >= 0.6 is 0 Å². The molecule has 52 heavy (non-hydrogen) atoms. The average molecular weight is 661 g/mol. The van der Waals surface area contributed by atoms with E-state index in [4.69, 9.17) is 6.57 Å². The van der Waals surface area contributed by atoms with Crippen molar-refractivity contribution in [2.24, 2.45) is 0 Å². The van der Waals surface area contributed by atoms with Crippen LogP contribution in [0.4, 0.5) is 5.69 Å². The number of aromatic nitrogens is 2. The molecule has 7 aromatic carbocycles. The molecule has 0 saturated carbocycles. The Hall–Kier alpha value is -7.90. The molecule has 0 aliphatic heterocycles. The van der Waals surface area contributed by atoms with Crippen LogP contribution in [-0.4, -0.2) is 9.13 Å². The number of hydrogen-bond donors (Lipinski definition) is 0. The van der Waals surface area contributed by atoms with Gasteiger partial charge in [0.25, 0.3) is 0 Å². The summed E-state index contributed by atoms with van der Waals surface area (Å²) in [6, 6.07) is 54.4. The van der Waals surface area contributed by atoms with Crippen LogP contribution in [0, 0.1) is 40.6 Å². The Kier molecular flexibility index (Phi) is 6.91. The zero-order valence-electron chi connectivity index (χ0n) is 27.5. The number of hydrogen-bond acceptors (Lipinski definition) is 3. The highest BCUT2D eigenvalue weighted by Gasteiger charge is 2.22. The van der Waals surface area contributed by atoms with Gasteiger partial charge in [-0.1, -0.05) is 78.9 Å². The minimum Gasteiger partial charge on any atom is -0.309 e. The lowest BCUT2D eigenvalue weighted by Gasteiger charge is -2.18. The maximum absolute atomic E-state index is 11.1. The number of rotatable bonds is 4. The molecule has 0 bridgehead atoms. The lowest BCUT2D eigenvalue weighted by atomic mass is 9.91. The lowest BCUT2D eigenvalue weighted by Crippen LogP contribution is -2.02. The van der Waals surface area contributed by atoms with Crippen LogP contribution in [0.3, 0.4) is 0 Å². The molecule has 0 N–H and O–H groups in total. The monoisotopic (exact) mass is 660 g/mol. The van der Waals surface area contributed by atoms with E-state index in [9.17, 15) is 15.8 Å². The molecule has 9 aromatic rings. The fourth-order valence-electron chi connectivity index (χ4n) is 7.59. The second kappa shape index (κ2) is 11.9. The molecule has 238 valence electrons. The zero-order chi connectivity index (χ0) is 35.3. The molecule has 2 heterocycles. The molecule has 0 saturated heterocycles. The summed E-state index contributed by atoms with van der Waals surface area (Å²) in [5, 5.41) is 35.7. The molecule has 0 fully saturated rings. The summed E-state index contributed by atoms with van der Waals surface area (Å²) < 4.78 is 4.24. The van der Waals surface area contributed by atoms with Crippen molar-refractivity contribution in [3.05, 3.63) is 174 Å². The quantitative estimate of drug-likeness (QED) is 0.176. The van der Waals surface area contributed by atoms with Crippen molar-refractivity contribution in [2.75, 3.05) is 0 Å². The largest absolute Gasteiger partial charge is 0.309 e. The normalized spacial score (nSPS) is 11.0. The van der Waals surface area contributed by atoms with Gasteiger partial charge >= 0.3 is 0 Å². The Morgan fingerprint density at radius 3 is 1.73 bits per heavy atom. The first kappa shape index (κ1) is 30.2. The Bertz CT molecular complexity index is 3080. The SMILES string of the molecule is [C-]#[N+]c1ccc2c(c1)c1ccccc1n2-c1cc(-c2ccccc2C#N)cc(-c2cc(C#N)cc(-n3c4ccccc4c4ccccc43)c2)c1C#N. The maximum atomic E-state index is 11.1. The van der Waals surface area contributed by atoms with Crippen molar-refractivity contribution in [3.63, 3.8) is 0 Å². The molecule has 9 rings (SSSR count). The molecular formula is C46H24N6. The second-order valence-corrected chi connectivity index (χ2v) is 12.6. The Labute approximate surface area is 298 Å². The van der Waals surface area contributed by atoms with Crippen LogP contribution in [0.25, 0.3) is 82.1 Å². The van der Waals surface area contributed by atoms with Crippen molar-refractivity contribution in [1.82, 2.24) is 9.13 Å². The van der Waals surface area contributed by atoms with E-state index in [0.717, 1.165) is 60.4 Å². The van der Waals surface area contributed by atoms with E-state index in [1.165, 1.54) is 0 Å². The average Bonchev–Trinajstić information content (AvgIpc) is 3.72. The second-order valence-electron chi connectivity index (χ2n) is 12.6. The molecular weight excluding hydrogens is 637 g/mol. The molecule has 6 heteroatoms. The van der Waals surface area contributed by atoms with Crippen molar-refractivity contribution in [2.45, 2.75) is 0 Å². The van der Waals surface area contributed by atoms with Crippen LogP contribution in [0.5, 0.6) is 0 Å². The zero-order valence-corrected chi connectivity index (χ0v) is 27.5. The number of nitrogens with zero attached hydrogens (tertiary/aromatic N) is 6. The predicted octanol–water partition coefficient (Wildman–Crippen LogP) is 11.4. The van der Waals surface area contributed by atoms with Crippen LogP contribution in [0.1, 0.15) is 16.7 Å². The Morgan fingerprint density at radius 2 is 1.08 bits per heavy atom. The molecule has 0 aliphatic rings. The molecule has 0 amide bonds. The van der Waals surface area contributed by atoms with Crippen molar-refractivity contribution >= 4 is 49.3 Å². The standard InChI is InChI=1S/C46H24N6/c1-50-33-18-19-45-40(25-33)38-14-6-9-17-44(38)52(45)46-24-32(35-11-3-2-10-30(35)27-48)23-39(41(46)28-49)31-20-29(26-47)21-34(22-31)51-42-15-7-4-12-36(42)37-13-5-8-16-43(37)51/h2-25H. The van der Waals surface area contributed by atoms with Gasteiger partial charge in [0, 0.05) is 27.4 Å². The minimum atomic E-state index is 0.415. The van der Waals surface area contributed by atoms with E-state index >= 15 is 0 Å². The molecule has 0 aliphatic carbocycles. The van der Waals surface area contributed by atoms with Crippen LogP contribution in [0.2, 0.25) is 0 Å². The van der Waals surface area contributed by atoms with E-state index in [-0.39, 0.29) is 0 Å². The molecule has 0 atom stereocenters. The van der Waals surface area contributed by atoms with Crippen LogP contribution in [-0.2, 0) is 0 Å². The minimum absolute atomic E-state index is 0.415. The number of benzene rings is 7. The van der Waals surface area contributed by atoms with Gasteiger partial charge in [0.1, 0.15) is 6.07 Å². The van der Waals surface area contributed by atoms with E-state index in [1.807, 2.05) is 109 Å². The summed E-state index contributed by atoms with van der Waals surface area (Å²) in [7, 11) is 0. The summed E-state index contributed by atoms with van der Waals surface area (Å²) in [5.74, 6) is 0. The van der Waals surface area contributed by atoms with Gasteiger partial charge in [-0.3, -0.25) is 0 Å². The van der Waals surface area contributed by atoms with Gasteiger partial charge < -0.3 is 9.13 Å². The van der Waals surface area contributed by atoms with Crippen molar-refractivity contribution < 1.29 is 0 Å². The predicted molar refractivity (Wildman–Crippen MR) is 206 cm³/mol. The Balaban J connectivity index is 1.40. The third-order valence-electron chi connectivity index (χ3n) is 9.81. The molecule has 0 spiro atoms. The highest BCUT2D eigenvalue weighted by atomic mass is 15.0. The van der Waals surface area contributed by atoms with Gasteiger partial charge in [-0.15, -0.1) is 0 Å². The van der Waals surface area contributed by atoms with Gasteiger partial charge in [0.2, 0.25) is 0 Å². The van der Waals surface area contributed by atoms with Crippen LogP contribution < -0.4 is 0 Å². The highest BCUT2D eigenvalue weighted by Crippen LogP contribution is 2.41. The fraction of sp³-hybridized carbons (Fsp3) is 0. The van der Waals surface area contributed by atoms with Crippen LogP contribution in [0.15, 0.2) is 146 Å². The summed E-state index contributed by atoms with van der Waals surface area (Å²) in [5.41, 5.74) is 9.87. The summed E-state index contributed by atoms with van der Waals surface area (Å²) in [4.78, 5) is 3.68. The van der Waals surface area contributed by atoms with Gasteiger partial charge in [0.05, 0.1) is 63.2 Å². The Morgan fingerprint density at radius 1 is 0.481 bits per heavy atom. The molecule has 2 aromatic heterocycles. The summed E-state index contributed by atoms with van der Waals surface area (Å²) >= 11 is 0. The van der Waals surface area contributed by atoms with E-state index < -0.39 is 0 Å². The van der Waals surface area contributed by atoms with Gasteiger partial charge in [-0.25, -0.2) is 4.85 Å². The van der Waals surface area contributed by atoms with Gasteiger partial charge in [-0.05, 0) is 88.8 Å². The van der Waals surface area contributed by atoms with Crippen molar-refractivity contribution in [3.8, 4) is 51.8 Å². The van der Waals surface area contributed by atoms with Crippen molar-refractivity contribution in [1.29, 1.82) is 15.8 Å². The molecule has 0 unspecified atom stereocenters. The topological polar surface area (TPSA) is 85.6 Å². The van der Waals surface area contributed by atoms with E-state index in [0.29, 0.717) is 39.2 Å². The number of para-hydroxylation sites is 3. The van der Waals surface area contributed by atoms with Gasteiger partial charge in [0.15, 0.2) is 5.69 Å². The third-order valence-corrected chi connectivity index (χ3v) is 9.81. The lowest BCUT2D eigenvalue weighted by molar-refractivity contribution is 1.16. The smallest absolute Gasteiger partial charge is 0.188 e. The number of fused-ring (bicyclic) bond motifs is 6. The first-order chi connectivity index (χ1) is 25.6. The third kappa shape index (κ3) is 4.54. The summed E-state index contributed by atoms with van der Waals surface area (Å²) in [6.07, 6.45) is 0. The van der Waals surface area contributed by atoms with E-state index in [2.05, 4.69) is 56.5 Å². The van der Waals surface area contributed by atoms with E-state index in [1.54, 1.807) is 12.1 Å². The summed E-state index contributed by atoms with van der Waals surface area (Å²) in [6.45, 7) is 7.66. The number of nitriles is 3. The first-order valence-electron chi connectivity index (χ1n) is 16.6.